The summed E-state index contributed by atoms with van der Waals surface area (Å²) in [5.41, 5.74) is 1.48. The van der Waals surface area contributed by atoms with E-state index in [9.17, 15) is 13.9 Å². The summed E-state index contributed by atoms with van der Waals surface area (Å²) >= 11 is 0. The van der Waals surface area contributed by atoms with Crippen molar-refractivity contribution in [1.82, 2.24) is 0 Å². The van der Waals surface area contributed by atoms with Crippen molar-refractivity contribution in [2.24, 2.45) is 0 Å². The first-order chi connectivity index (χ1) is 7.49. The maximum absolute atomic E-state index is 12.0. The van der Waals surface area contributed by atoms with Gasteiger partial charge < -0.3 is 9.84 Å². The lowest BCUT2D eigenvalue weighted by molar-refractivity contribution is -0.0499. The van der Waals surface area contributed by atoms with Gasteiger partial charge in [0.15, 0.2) is 0 Å². The average Bonchev–Trinajstić information content (AvgIpc) is 2.16. The van der Waals surface area contributed by atoms with Crippen molar-refractivity contribution >= 4 is 0 Å². The standard InChI is InChI=1S/C12H14F2O2/c1-8(2)6-11(15)9-4-3-5-10(7-9)16-12(13)14/h3-7,11-12,15H,1-2H3. The van der Waals surface area contributed by atoms with E-state index in [2.05, 4.69) is 4.74 Å². The summed E-state index contributed by atoms with van der Waals surface area (Å²) in [7, 11) is 0. The second-order valence-electron chi connectivity index (χ2n) is 3.64. The van der Waals surface area contributed by atoms with Crippen molar-refractivity contribution in [1.29, 1.82) is 0 Å². The molecule has 0 spiro atoms. The summed E-state index contributed by atoms with van der Waals surface area (Å²) in [6.07, 6.45) is 0.841. The predicted molar refractivity (Wildman–Crippen MR) is 57.5 cm³/mol. The van der Waals surface area contributed by atoms with Gasteiger partial charge in [0.25, 0.3) is 0 Å². The molecule has 1 rings (SSSR count). The van der Waals surface area contributed by atoms with Crippen LogP contribution >= 0.6 is 0 Å². The molecular formula is C12H14F2O2. The number of allylic oxidation sites excluding steroid dienone is 1. The number of rotatable bonds is 4. The molecule has 2 nitrogen and oxygen atoms in total. The fourth-order valence-electron chi connectivity index (χ4n) is 1.29. The molecule has 0 saturated carbocycles. The fourth-order valence-corrected chi connectivity index (χ4v) is 1.29. The maximum Gasteiger partial charge on any atom is 0.387 e. The lowest BCUT2D eigenvalue weighted by atomic mass is 10.1. The topological polar surface area (TPSA) is 29.5 Å². The van der Waals surface area contributed by atoms with Crippen molar-refractivity contribution < 1.29 is 18.6 Å². The minimum atomic E-state index is -2.85. The molecule has 0 saturated heterocycles. The summed E-state index contributed by atoms with van der Waals surface area (Å²) < 4.78 is 28.2. The highest BCUT2D eigenvalue weighted by atomic mass is 19.3. The molecule has 0 bridgehead atoms. The summed E-state index contributed by atoms with van der Waals surface area (Å²) in [6.45, 7) is 0.849. The Bertz CT molecular complexity index is 371. The molecule has 16 heavy (non-hydrogen) atoms. The Morgan fingerprint density at radius 3 is 2.62 bits per heavy atom. The zero-order chi connectivity index (χ0) is 12.1. The Kier molecular flexibility index (Phi) is 4.43. The van der Waals surface area contributed by atoms with Crippen LogP contribution in [0.2, 0.25) is 0 Å². The van der Waals surface area contributed by atoms with Crippen molar-refractivity contribution in [3.05, 3.63) is 41.5 Å². The lowest BCUT2D eigenvalue weighted by Crippen LogP contribution is -2.03. The predicted octanol–water partition coefficient (Wildman–Crippen LogP) is 3.29. The second kappa shape index (κ2) is 5.61. The zero-order valence-corrected chi connectivity index (χ0v) is 9.15. The molecule has 1 atom stereocenters. The van der Waals surface area contributed by atoms with Crippen molar-refractivity contribution in [2.45, 2.75) is 26.6 Å². The highest BCUT2D eigenvalue weighted by molar-refractivity contribution is 5.31. The van der Waals surface area contributed by atoms with Crippen LogP contribution in [-0.4, -0.2) is 11.7 Å². The highest BCUT2D eigenvalue weighted by Crippen LogP contribution is 2.22. The van der Waals surface area contributed by atoms with Crippen molar-refractivity contribution in [2.75, 3.05) is 0 Å². The summed E-state index contributed by atoms with van der Waals surface area (Å²) in [5.74, 6) is 0.0497. The van der Waals surface area contributed by atoms with E-state index in [0.717, 1.165) is 5.57 Å². The van der Waals surface area contributed by atoms with E-state index >= 15 is 0 Å². The molecule has 1 unspecified atom stereocenters. The molecule has 1 aromatic carbocycles. The number of hydrogen-bond donors (Lipinski definition) is 1. The molecule has 0 aliphatic carbocycles. The van der Waals surface area contributed by atoms with Crippen LogP contribution in [0, 0.1) is 0 Å². The molecular weight excluding hydrogens is 214 g/mol. The monoisotopic (exact) mass is 228 g/mol. The maximum atomic E-state index is 12.0. The summed E-state index contributed by atoms with van der Waals surface area (Å²) in [5, 5.41) is 9.73. The third-order valence-corrected chi connectivity index (χ3v) is 1.92. The normalized spacial score (nSPS) is 12.4. The first-order valence-corrected chi connectivity index (χ1v) is 4.87. The van der Waals surface area contributed by atoms with Gasteiger partial charge in [-0.2, -0.15) is 8.78 Å². The van der Waals surface area contributed by atoms with E-state index in [-0.39, 0.29) is 5.75 Å². The van der Waals surface area contributed by atoms with Crippen LogP contribution in [0.4, 0.5) is 8.78 Å². The van der Waals surface area contributed by atoms with Gasteiger partial charge >= 0.3 is 6.61 Å². The lowest BCUT2D eigenvalue weighted by Gasteiger charge is -2.09. The Labute approximate surface area is 93.2 Å². The van der Waals surface area contributed by atoms with E-state index in [1.165, 1.54) is 12.1 Å². The van der Waals surface area contributed by atoms with E-state index in [4.69, 9.17) is 0 Å². The third kappa shape index (κ3) is 3.98. The van der Waals surface area contributed by atoms with Crippen LogP contribution in [0.15, 0.2) is 35.9 Å². The zero-order valence-electron chi connectivity index (χ0n) is 9.15. The Morgan fingerprint density at radius 2 is 2.06 bits per heavy atom. The van der Waals surface area contributed by atoms with E-state index in [1.807, 2.05) is 13.8 Å². The van der Waals surface area contributed by atoms with Crippen molar-refractivity contribution in [3.8, 4) is 5.75 Å². The van der Waals surface area contributed by atoms with Gasteiger partial charge in [0, 0.05) is 0 Å². The van der Waals surface area contributed by atoms with Crippen LogP contribution in [0.1, 0.15) is 25.5 Å². The number of halogens is 2. The second-order valence-corrected chi connectivity index (χ2v) is 3.64. The fraction of sp³-hybridized carbons (Fsp3) is 0.333. The van der Waals surface area contributed by atoms with E-state index in [1.54, 1.807) is 18.2 Å². The molecule has 0 aliphatic rings. The molecule has 0 radical (unpaired) electrons. The van der Waals surface area contributed by atoms with Crippen LogP contribution in [0.25, 0.3) is 0 Å². The molecule has 88 valence electrons. The number of ether oxygens (including phenoxy) is 1. The van der Waals surface area contributed by atoms with Gasteiger partial charge in [-0.15, -0.1) is 0 Å². The van der Waals surface area contributed by atoms with Gasteiger partial charge in [-0.25, -0.2) is 0 Å². The number of aliphatic hydroxyl groups is 1. The van der Waals surface area contributed by atoms with Gasteiger partial charge in [0.2, 0.25) is 0 Å². The third-order valence-electron chi connectivity index (χ3n) is 1.92. The number of aliphatic hydroxyl groups excluding tert-OH is 1. The Hall–Kier alpha value is -1.42. The van der Waals surface area contributed by atoms with Gasteiger partial charge in [-0.05, 0) is 31.5 Å². The first kappa shape index (κ1) is 12.6. The van der Waals surface area contributed by atoms with Crippen LogP contribution < -0.4 is 4.74 Å². The minimum Gasteiger partial charge on any atom is -0.435 e. The number of alkyl halides is 2. The molecule has 1 N–H and O–H groups in total. The van der Waals surface area contributed by atoms with Gasteiger partial charge in [-0.1, -0.05) is 23.8 Å². The highest BCUT2D eigenvalue weighted by Gasteiger charge is 2.08. The van der Waals surface area contributed by atoms with Crippen LogP contribution in [0.5, 0.6) is 5.75 Å². The number of hydrogen-bond acceptors (Lipinski definition) is 2. The van der Waals surface area contributed by atoms with Gasteiger partial charge in [-0.3, -0.25) is 0 Å². The summed E-state index contributed by atoms with van der Waals surface area (Å²) in [4.78, 5) is 0. The molecule has 0 aliphatic heterocycles. The Balaban J connectivity index is 2.85. The first-order valence-electron chi connectivity index (χ1n) is 4.87. The molecule has 0 fully saturated rings. The van der Waals surface area contributed by atoms with E-state index in [0.29, 0.717) is 5.56 Å². The van der Waals surface area contributed by atoms with Crippen molar-refractivity contribution in [3.63, 3.8) is 0 Å². The smallest absolute Gasteiger partial charge is 0.387 e. The average molecular weight is 228 g/mol. The van der Waals surface area contributed by atoms with Crippen LogP contribution in [-0.2, 0) is 0 Å². The molecule has 1 aromatic rings. The van der Waals surface area contributed by atoms with Crippen LogP contribution in [0.3, 0.4) is 0 Å². The minimum absolute atomic E-state index is 0.0497. The largest absolute Gasteiger partial charge is 0.435 e. The van der Waals surface area contributed by atoms with E-state index < -0.39 is 12.7 Å². The SMILES string of the molecule is CC(C)=CC(O)c1cccc(OC(F)F)c1. The quantitative estimate of drug-likeness (QED) is 0.801. The Morgan fingerprint density at radius 1 is 1.38 bits per heavy atom. The molecule has 0 heterocycles. The molecule has 4 heteroatoms. The van der Waals surface area contributed by atoms with Gasteiger partial charge in [0.1, 0.15) is 5.75 Å². The van der Waals surface area contributed by atoms with Gasteiger partial charge in [0.05, 0.1) is 6.10 Å². The number of benzene rings is 1. The molecule has 0 amide bonds. The molecule has 0 aromatic heterocycles. The summed E-state index contributed by atoms with van der Waals surface area (Å²) in [6, 6.07) is 6.04.